The molecule has 0 aliphatic heterocycles. The summed E-state index contributed by atoms with van der Waals surface area (Å²) in [5.74, 6) is -1.13. The summed E-state index contributed by atoms with van der Waals surface area (Å²) in [6.45, 7) is 0.511. The predicted octanol–water partition coefficient (Wildman–Crippen LogP) is 2.01. The molecule has 0 aliphatic rings. The third kappa shape index (κ3) is 4.94. The van der Waals surface area contributed by atoms with E-state index in [-0.39, 0.29) is 5.91 Å². The number of carboxylic acids is 1. The second kappa shape index (κ2) is 7.04. The minimum Gasteiger partial charge on any atom is -0.478 e. The van der Waals surface area contributed by atoms with Crippen molar-refractivity contribution < 1.29 is 14.7 Å². The van der Waals surface area contributed by atoms with Gasteiger partial charge in [0, 0.05) is 37.1 Å². The monoisotopic (exact) mass is 285 g/mol. The van der Waals surface area contributed by atoms with Gasteiger partial charge in [0.15, 0.2) is 0 Å². The largest absolute Gasteiger partial charge is 0.478 e. The second-order valence-electron chi connectivity index (χ2n) is 4.36. The highest BCUT2D eigenvalue weighted by molar-refractivity contribution is 5.91. The minimum absolute atomic E-state index is 0.120. The number of aryl methyl sites for hydroxylation is 1. The summed E-state index contributed by atoms with van der Waals surface area (Å²) in [5, 5.41) is 15.4. The van der Waals surface area contributed by atoms with Gasteiger partial charge < -0.3 is 10.4 Å². The molecule has 0 aliphatic carbocycles. The first kappa shape index (κ1) is 14.5. The normalized spacial score (nSPS) is 10.7. The van der Waals surface area contributed by atoms with E-state index in [0.717, 1.165) is 6.08 Å². The molecule has 0 saturated heterocycles. The summed E-state index contributed by atoms with van der Waals surface area (Å²) in [4.78, 5) is 22.3. The predicted molar refractivity (Wildman–Crippen MR) is 78.6 cm³/mol. The molecule has 21 heavy (non-hydrogen) atoms. The summed E-state index contributed by atoms with van der Waals surface area (Å²) in [7, 11) is 0. The number of amides is 1. The van der Waals surface area contributed by atoms with Crippen molar-refractivity contribution in [2.45, 2.75) is 13.0 Å². The maximum Gasteiger partial charge on any atom is 0.328 e. The van der Waals surface area contributed by atoms with Gasteiger partial charge in [-0.15, -0.1) is 0 Å². The maximum absolute atomic E-state index is 11.8. The van der Waals surface area contributed by atoms with Crippen LogP contribution in [0.3, 0.4) is 0 Å². The van der Waals surface area contributed by atoms with Crippen molar-refractivity contribution in [2.24, 2.45) is 0 Å². The Morgan fingerprint density at radius 2 is 2.19 bits per heavy atom. The molecule has 108 valence electrons. The van der Waals surface area contributed by atoms with E-state index < -0.39 is 5.97 Å². The molecular weight excluding hydrogens is 270 g/mol. The lowest BCUT2D eigenvalue weighted by Crippen LogP contribution is -2.14. The van der Waals surface area contributed by atoms with E-state index in [1.165, 1.54) is 6.08 Å². The van der Waals surface area contributed by atoms with Crippen molar-refractivity contribution in [1.29, 1.82) is 0 Å². The molecule has 0 radical (unpaired) electrons. The zero-order chi connectivity index (χ0) is 15.1. The average molecular weight is 285 g/mol. The highest BCUT2D eigenvalue weighted by Gasteiger charge is 2.03. The Morgan fingerprint density at radius 1 is 1.33 bits per heavy atom. The number of rotatable bonds is 6. The van der Waals surface area contributed by atoms with Gasteiger partial charge in [0.1, 0.15) is 0 Å². The van der Waals surface area contributed by atoms with Crippen molar-refractivity contribution in [3.63, 3.8) is 0 Å². The van der Waals surface area contributed by atoms with E-state index in [1.807, 2.05) is 0 Å². The number of benzene rings is 1. The van der Waals surface area contributed by atoms with Crippen LogP contribution in [-0.4, -0.2) is 26.8 Å². The van der Waals surface area contributed by atoms with Crippen LogP contribution in [0.15, 0.2) is 48.8 Å². The van der Waals surface area contributed by atoms with Crippen LogP contribution in [0.2, 0.25) is 0 Å². The van der Waals surface area contributed by atoms with Crippen LogP contribution >= 0.6 is 0 Å². The lowest BCUT2D eigenvalue weighted by Gasteiger charge is -2.06. The molecule has 1 aromatic heterocycles. The van der Waals surface area contributed by atoms with Crippen LogP contribution in [0.4, 0.5) is 5.69 Å². The Balaban J connectivity index is 1.91. The Morgan fingerprint density at radius 3 is 2.90 bits per heavy atom. The zero-order valence-electron chi connectivity index (χ0n) is 11.3. The molecule has 2 N–H and O–H groups in total. The van der Waals surface area contributed by atoms with Gasteiger partial charge >= 0.3 is 5.97 Å². The number of hydrogen-bond acceptors (Lipinski definition) is 3. The van der Waals surface area contributed by atoms with Gasteiger partial charge in [-0.3, -0.25) is 9.48 Å². The van der Waals surface area contributed by atoms with Crippen LogP contribution in [0.25, 0.3) is 6.08 Å². The number of carbonyl (C=O) groups excluding carboxylic acids is 1. The first-order valence-electron chi connectivity index (χ1n) is 6.42. The Hall–Kier alpha value is -2.89. The first-order valence-corrected chi connectivity index (χ1v) is 6.42. The molecule has 6 heteroatoms. The lowest BCUT2D eigenvalue weighted by atomic mass is 10.2. The van der Waals surface area contributed by atoms with E-state index >= 15 is 0 Å². The van der Waals surface area contributed by atoms with E-state index in [2.05, 4.69) is 10.4 Å². The number of nitrogens with zero attached hydrogens (tertiary/aromatic N) is 2. The van der Waals surface area contributed by atoms with Crippen molar-refractivity contribution in [1.82, 2.24) is 9.78 Å². The molecule has 0 atom stereocenters. The van der Waals surface area contributed by atoms with Crippen molar-refractivity contribution >= 4 is 23.6 Å². The van der Waals surface area contributed by atoms with Crippen molar-refractivity contribution in [3.8, 4) is 0 Å². The van der Waals surface area contributed by atoms with Gasteiger partial charge in [-0.1, -0.05) is 12.1 Å². The number of nitrogens with one attached hydrogen (secondary N) is 1. The third-order valence-corrected chi connectivity index (χ3v) is 2.72. The Kier molecular flexibility index (Phi) is 4.87. The fourth-order valence-corrected chi connectivity index (χ4v) is 1.76. The summed E-state index contributed by atoms with van der Waals surface area (Å²) in [6, 6.07) is 8.79. The molecule has 0 bridgehead atoms. The van der Waals surface area contributed by atoms with E-state index in [4.69, 9.17) is 5.11 Å². The van der Waals surface area contributed by atoms with Crippen molar-refractivity contribution in [2.75, 3.05) is 5.32 Å². The Labute approximate surface area is 121 Å². The zero-order valence-corrected chi connectivity index (χ0v) is 11.3. The number of aromatic nitrogens is 2. The molecule has 1 amide bonds. The molecule has 2 rings (SSSR count). The van der Waals surface area contributed by atoms with Crippen LogP contribution in [0.5, 0.6) is 0 Å². The van der Waals surface area contributed by atoms with Gasteiger partial charge in [0.05, 0.1) is 0 Å². The van der Waals surface area contributed by atoms with Gasteiger partial charge in [0.25, 0.3) is 0 Å². The maximum atomic E-state index is 11.8. The summed E-state index contributed by atoms with van der Waals surface area (Å²) < 4.78 is 1.69. The van der Waals surface area contributed by atoms with Crippen molar-refractivity contribution in [3.05, 3.63) is 54.4 Å². The van der Waals surface area contributed by atoms with Gasteiger partial charge in [-0.25, -0.2) is 4.79 Å². The number of hydrogen-bond donors (Lipinski definition) is 2. The van der Waals surface area contributed by atoms with E-state index in [1.54, 1.807) is 47.4 Å². The number of carboxylic acid groups (broad SMARTS) is 1. The van der Waals surface area contributed by atoms with Gasteiger partial charge in [0.2, 0.25) is 5.91 Å². The molecule has 0 spiro atoms. The van der Waals surface area contributed by atoms with Crippen LogP contribution in [-0.2, 0) is 16.1 Å². The topological polar surface area (TPSA) is 84.2 Å². The molecule has 0 fully saturated rings. The number of carbonyl (C=O) groups is 2. The fourth-order valence-electron chi connectivity index (χ4n) is 1.76. The highest BCUT2D eigenvalue weighted by atomic mass is 16.4. The molecule has 0 saturated carbocycles. The quantitative estimate of drug-likeness (QED) is 0.795. The highest BCUT2D eigenvalue weighted by Crippen LogP contribution is 2.12. The van der Waals surface area contributed by atoms with E-state index in [0.29, 0.717) is 24.2 Å². The molecule has 6 nitrogen and oxygen atoms in total. The summed E-state index contributed by atoms with van der Waals surface area (Å²) >= 11 is 0. The SMILES string of the molecule is O=C(O)C=Cc1cccc(NC(=O)CCn2cccn2)c1. The van der Waals surface area contributed by atoms with Crippen LogP contribution in [0.1, 0.15) is 12.0 Å². The van der Waals surface area contributed by atoms with Crippen LogP contribution < -0.4 is 5.32 Å². The van der Waals surface area contributed by atoms with Gasteiger partial charge in [-0.2, -0.15) is 5.10 Å². The van der Waals surface area contributed by atoms with Crippen LogP contribution in [0, 0.1) is 0 Å². The Bertz CT molecular complexity index is 648. The summed E-state index contributed by atoms with van der Waals surface area (Å²) in [6.07, 6.45) is 6.30. The summed E-state index contributed by atoms with van der Waals surface area (Å²) in [5.41, 5.74) is 1.34. The fraction of sp³-hybridized carbons (Fsp3) is 0.133. The number of aliphatic carboxylic acids is 1. The smallest absolute Gasteiger partial charge is 0.328 e. The number of anilines is 1. The first-order chi connectivity index (χ1) is 10.1. The van der Waals surface area contributed by atoms with E-state index in [9.17, 15) is 9.59 Å². The third-order valence-electron chi connectivity index (χ3n) is 2.72. The molecule has 2 aromatic rings. The molecular formula is C15H15N3O3. The second-order valence-corrected chi connectivity index (χ2v) is 4.36. The molecule has 0 unspecified atom stereocenters. The molecule has 1 aromatic carbocycles. The average Bonchev–Trinajstić information content (AvgIpc) is 2.97. The lowest BCUT2D eigenvalue weighted by molar-refractivity contribution is -0.131. The standard InChI is InChI=1S/C15H15N3O3/c19-14(7-10-18-9-2-8-16-18)17-13-4-1-3-12(11-13)5-6-15(20)21/h1-6,8-9,11H,7,10H2,(H,17,19)(H,20,21). The van der Waals surface area contributed by atoms with Gasteiger partial charge in [-0.05, 0) is 29.8 Å². The minimum atomic E-state index is -1.01. The molecule has 1 heterocycles.